The maximum absolute atomic E-state index is 5.94. The third-order valence-corrected chi connectivity index (χ3v) is 4.00. The molecule has 0 aliphatic heterocycles. The Bertz CT molecular complexity index is 522. The second-order valence-corrected chi connectivity index (χ2v) is 5.50. The lowest BCUT2D eigenvalue weighted by atomic mass is 9.91. The Labute approximate surface area is 117 Å². The van der Waals surface area contributed by atoms with Crippen LogP contribution in [-0.2, 0) is 6.42 Å². The molecule has 18 heavy (non-hydrogen) atoms. The molecule has 0 saturated heterocycles. The minimum absolute atomic E-state index is 0.378. The Morgan fingerprint density at radius 1 is 1.11 bits per heavy atom. The fourth-order valence-electron chi connectivity index (χ4n) is 2.19. The van der Waals surface area contributed by atoms with Crippen molar-refractivity contribution in [1.29, 1.82) is 0 Å². The van der Waals surface area contributed by atoms with Crippen LogP contribution in [0.15, 0.2) is 53.0 Å². The van der Waals surface area contributed by atoms with E-state index in [9.17, 15) is 0 Å². The number of hydrogen-bond acceptors (Lipinski definition) is 1. The van der Waals surface area contributed by atoms with Crippen LogP contribution in [-0.4, -0.2) is 6.54 Å². The fourth-order valence-corrected chi connectivity index (χ4v) is 2.64. The predicted octanol–water partition coefficient (Wildman–Crippen LogP) is 4.04. The van der Waals surface area contributed by atoms with E-state index in [1.165, 1.54) is 16.7 Å². The average Bonchev–Trinajstić information content (AvgIpc) is 2.38. The lowest BCUT2D eigenvalue weighted by Gasteiger charge is -2.16. The van der Waals surface area contributed by atoms with Gasteiger partial charge in [-0.25, -0.2) is 0 Å². The highest BCUT2D eigenvalue weighted by molar-refractivity contribution is 9.10. The molecule has 1 unspecified atom stereocenters. The van der Waals surface area contributed by atoms with Gasteiger partial charge in [0.1, 0.15) is 0 Å². The van der Waals surface area contributed by atoms with Gasteiger partial charge in [0.2, 0.25) is 0 Å². The van der Waals surface area contributed by atoms with Gasteiger partial charge in [-0.05, 0) is 37.1 Å². The van der Waals surface area contributed by atoms with E-state index >= 15 is 0 Å². The molecule has 0 aromatic heterocycles. The first-order chi connectivity index (χ1) is 8.70. The number of halogens is 1. The van der Waals surface area contributed by atoms with Crippen molar-refractivity contribution in [1.82, 2.24) is 0 Å². The van der Waals surface area contributed by atoms with Crippen LogP contribution in [0, 0.1) is 6.92 Å². The van der Waals surface area contributed by atoms with Gasteiger partial charge < -0.3 is 5.73 Å². The van der Waals surface area contributed by atoms with Crippen molar-refractivity contribution in [2.45, 2.75) is 19.3 Å². The summed E-state index contributed by atoms with van der Waals surface area (Å²) >= 11 is 3.60. The maximum Gasteiger partial charge on any atom is 0.0207 e. The van der Waals surface area contributed by atoms with E-state index in [0.29, 0.717) is 12.5 Å². The van der Waals surface area contributed by atoms with Crippen LogP contribution in [0.25, 0.3) is 0 Å². The van der Waals surface area contributed by atoms with Crippen LogP contribution in [0.1, 0.15) is 22.6 Å². The van der Waals surface area contributed by atoms with Gasteiger partial charge in [-0.2, -0.15) is 0 Å². The van der Waals surface area contributed by atoms with Crippen LogP contribution in [0.3, 0.4) is 0 Å². The van der Waals surface area contributed by atoms with Gasteiger partial charge in [-0.3, -0.25) is 0 Å². The molecule has 0 amide bonds. The number of hydrogen-bond donors (Lipinski definition) is 1. The molecule has 2 heteroatoms. The van der Waals surface area contributed by atoms with Crippen molar-refractivity contribution in [3.05, 3.63) is 69.7 Å². The Hall–Kier alpha value is -1.12. The average molecular weight is 304 g/mol. The lowest BCUT2D eigenvalue weighted by molar-refractivity contribution is 0.692. The second kappa shape index (κ2) is 6.17. The molecule has 1 atom stereocenters. The Morgan fingerprint density at radius 2 is 1.89 bits per heavy atom. The van der Waals surface area contributed by atoms with Crippen molar-refractivity contribution >= 4 is 15.9 Å². The largest absolute Gasteiger partial charge is 0.330 e. The molecular formula is C16H18BrN. The molecule has 0 bridgehead atoms. The Morgan fingerprint density at radius 3 is 2.56 bits per heavy atom. The zero-order valence-corrected chi connectivity index (χ0v) is 12.2. The molecule has 2 aromatic carbocycles. The van der Waals surface area contributed by atoms with Crippen LogP contribution in [0.4, 0.5) is 0 Å². The van der Waals surface area contributed by atoms with E-state index in [1.807, 2.05) is 6.07 Å². The van der Waals surface area contributed by atoms with Gasteiger partial charge in [0, 0.05) is 10.4 Å². The third-order valence-electron chi connectivity index (χ3n) is 3.22. The topological polar surface area (TPSA) is 26.0 Å². The summed E-state index contributed by atoms with van der Waals surface area (Å²) in [5.74, 6) is 0.378. The Balaban J connectivity index is 2.23. The lowest BCUT2D eigenvalue weighted by Crippen LogP contribution is -2.15. The van der Waals surface area contributed by atoms with Crippen molar-refractivity contribution in [3.8, 4) is 0 Å². The van der Waals surface area contributed by atoms with Crippen LogP contribution in [0.2, 0.25) is 0 Å². The number of nitrogens with two attached hydrogens (primary N) is 1. The molecule has 2 aromatic rings. The van der Waals surface area contributed by atoms with Crippen LogP contribution >= 0.6 is 15.9 Å². The molecule has 0 fully saturated rings. The summed E-state index contributed by atoms with van der Waals surface area (Å²) in [5.41, 5.74) is 9.87. The molecule has 2 N–H and O–H groups in total. The van der Waals surface area contributed by atoms with Gasteiger partial charge in [-0.1, -0.05) is 64.0 Å². The smallest absolute Gasteiger partial charge is 0.0207 e. The summed E-state index contributed by atoms with van der Waals surface area (Å²) in [5, 5.41) is 0. The SMILES string of the molecule is Cc1cccc(C(CN)Cc2ccccc2Br)c1. The zero-order chi connectivity index (χ0) is 13.0. The predicted molar refractivity (Wildman–Crippen MR) is 80.8 cm³/mol. The number of aryl methyl sites for hydroxylation is 1. The summed E-state index contributed by atoms with van der Waals surface area (Å²) in [6, 6.07) is 17.0. The quantitative estimate of drug-likeness (QED) is 0.906. The second-order valence-electron chi connectivity index (χ2n) is 4.64. The van der Waals surface area contributed by atoms with Gasteiger partial charge in [0.05, 0.1) is 0 Å². The molecule has 94 valence electrons. The van der Waals surface area contributed by atoms with Gasteiger partial charge >= 0.3 is 0 Å². The number of benzene rings is 2. The third kappa shape index (κ3) is 3.21. The van der Waals surface area contributed by atoms with E-state index in [4.69, 9.17) is 5.73 Å². The van der Waals surface area contributed by atoms with Crippen molar-refractivity contribution in [2.75, 3.05) is 6.54 Å². The van der Waals surface area contributed by atoms with Crippen molar-refractivity contribution < 1.29 is 0 Å². The molecule has 0 radical (unpaired) electrons. The summed E-state index contributed by atoms with van der Waals surface area (Å²) in [7, 11) is 0. The minimum Gasteiger partial charge on any atom is -0.330 e. The summed E-state index contributed by atoms with van der Waals surface area (Å²) in [4.78, 5) is 0. The summed E-state index contributed by atoms with van der Waals surface area (Å²) in [6.07, 6.45) is 0.974. The Kier molecular flexibility index (Phi) is 4.56. The maximum atomic E-state index is 5.94. The first-order valence-corrected chi connectivity index (χ1v) is 7.00. The van der Waals surface area contributed by atoms with Gasteiger partial charge in [0.15, 0.2) is 0 Å². The molecule has 0 spiro atoms. The number of rotatable bonds is 4. The van der Waals surface area contributed by atoms with E-state index < -0.39 is 0 Å². The fraction of sp³-hybridized carbons (Fsp3) is 0.250. The van der Waals surface area contributed by atoms with Gasteiger partial charge in [-0.15, -0.1) is 0 Å². The van der Waals surface area contributed by atoms with E-state index in [-0.39, 0.29) is 0 Å². The monoisotopic (exact) mass is 303 g/mol. The zero-order valence-electron chi connectivity index (χ0n) is 10.6. The molecule has 2 rings (SSSR count). The minimum atomic E-state index is 0.378. The first-order valence-electron chi connectivity index (χ1n) is 6.20. The highest BCUT2D eigenvalue weighted by Gasteiger charge is 2.12. The molecule has 0 aliphatic rings. The molecule has 1 nitrogen and oxygen atoms in total. The molecular weight excluding hydrogens is 286 g/mol. The highest BCUT2D eigenvalue weighted by atomic mass is 79.9. The molecule has 0 heterocycles. The highest BCUT2D eigenvalue weighted by Crippen LogP contribution is 2.25. The van der Waals surface area contributed by atoms with Crippen LogP contribution in [0.5, 0.6) is 0 Å². The van der Waals surface area contributed by atoms with Gasteiger partial charge in [0.25, 0.3) is 0 Å². The normalized spacial score (nSPS) is 12.4. The molecule has 0 saturated carbocycles. The first kappa shape index (κ1) is 13.3. The van der Waals surface area contributed by atoms with E-state index in [1.54, 1.807) is 0 Å². The molecule has 0 aliphatic carbocycles. The van der Waals surface area contributed by atoms with E-state index in [2.05, 4.69) is 65.3 Å². The standard InChI is InChI=1S/C16H18BrN/c1-12-5-4-7-13(9-12)15(11-18)10-14-6-2-3-8-16(14)17/h2-9,15H,10-11,18H2,1H3. The van der Waals surface area contributed by atoms with Crippen molar-refractivity contribution in [2.24, 2.45) is 5.73 Å². The van der Waals surface area contributed by atoms with Crippen molar-refractivity contribution in [3.63, 3.8) is 0 Å². The van der Waals surface area contributed by atoms with Crippen LogP contribution < -0.4 is 5.73 Å². The summed E-state index contributed by atoms with van der Waals surface area (Å²) in [6.45, 7) is 2.79. The summed E-state index contributed by atoms with van der Waals surface area (Å²) < 4.78 is 1.16. The van der Waals surface area contributed by atoms with E-state index in [0.717, 1.165) is 10.9 Å².